The smallest absolute Gasteiger partial charge is 0.407 e. The van der Waals surface area contributed by atoms with Crippen LogP contribution >= 0.6 is 0 Å². The van der Waals surface area contributed by atoms with Crippen LogP contribution in [0.15, 0.2) is 42.6 Å². The number of rotatable bonds is 5. The molecule has 0 radical (unpaired) electrons. The Hall–Kier alpha value is -3.75. The highest BCUT2D eigenvalue weighted by Gasteiger charge is 2.38. The predicted octanol–water partition coefficient (Wildman–Crippen LogP) is 2.40. The zero-order valence-corrected chi connectivity index (χ0v) is 16.8. The topological polar surface area (TPSA) is 115 Å². The Morgan fingerprint density at radius 3 is 2.30 bits per heavy atom. The Kier molecular flexibility index (Phi) is 5.81. The molecule has 1 aliphatic rings. The van der Waals surface area contributed by atoms with Crippen molar-refractivity contribution < 1.29 is 28.8 Å². The second kappa shape index (κ2) is 8.32. The van der Waals surface area contributed by atoms with Crippen molar-refractivity contribution in [1.82, 2.24) is 15.4 Å². The van der Waals surface area contributed by atoms with Crippen molar-refractivity contribution in [2.75, 3.05) is 0 Å². The molecule has 156 valence electrons. The first-order chi connectivity index (χ1) is 14.1. The van der Waals surface area contributed by atoms with Crippen LogP contribution in [0.5, 0.6) is 0 Å². The fourth-order valence-electron chi connectivity index (χ4n) is 2.76. The van der Waals surface area contributed by atoms with E-state index in [-0.39, 0.29) is 24.1 Å². The van der Waals surface area contributed by atoms with Crippen LogP contribution in [0.3, 0.4) is 0 Å². The summed E-state index contributed by atoms with van der Waals surface area (Å²) in [5.41, 5.74) is 0.816. The van der Waals surface area contributed by atoms with E-state index >= 15 is 0 Å². The van der Waals surface area contributed by atoms with Crippen LogP contribution in [0.1, 0.15) is 52.7 Å². The Labute approximate surface area is 172 Å². The van der Waals surface area contributed by atoms with E-state index in [1.54, 1.807) is 45.0 Å². The van der Waals surface area contributed by atoms with Gasteiger partial charge in [0.1, 0.15) is 5.60 Å². The van der Waals surface area contributed by atoms with Gasteiger partial charge in [0.15, 0.2) is 0 Å². The molecular formula is C21H21N3O6. The van der Waals surface area contributed by atoms with Gasteiger partial charge in [-0.1, -0.05) is 17.2 Å². The molecule has 0 aliphatic carbocycles. The summed E-state index contributed by atoms with van der Waals surface area (Å²) in [4.78, 5) is 57.7. The fourth-order valence-corrected chi connectivity index (χ4v) is 2.76. The zero-order valence-electron chi connectivity index (χ0n) is 16.8. The van der Waals surface area contributed by atoms with Gasteiger partial charge in [-0.2, -0.15) is 0 Å². The first kappa shape index (κ1) is 21.0. The molecule has 1 N–H and O–H groups in total. The predicted molar refractivity (Wildman–Crippen MR) is 104 cm³/mol. The summed E-state index contributed by atoms with van der Waals surface area (Å²) in [7, 11) is 0. The number of alkyl carbamates (subject to hydrolysis) is 1. The van der Waals surface area contributed by atoms with Crippen LogP contribution in [0.4, 0.5) is 4.79 Å². The summed E-state index contributed by atoms with van der Waals surface area (Å²) in [5, 5.41) is 3.05. The van der Waals surface area contributed by atoms with Crippen molar-refractivity contribution >= 4 is 23.9 Å². The molecule has 0 saturated carbocycles. The number of carbonyl (C=O) groups excluding carboxylic acids is 4. The molecule has 9 heteroatoms. The van der Waals surface area contributed by atoms with Crippen LogP contribution < -0.4 is 5.32 Å². The average molecular weight is 411 g/mol. The number of nitrogens with zero attached hydrogens (tertiary/aromatic N) is 2. The minimum atomic E-state index is -0.776. The monoisotopic (exact) mass is 411 g/mol. The number of hydrogen-bond donors (Lipinski definition) is 1. The van der Waals surface area contributed by atoms with Crippen LogP contribution in [0.2, 0.25) is 0 Å². The quantitative estimate of drug-likeness (QED) is 0.751. The standard InChI is InChI=1S/C21H21N3O6/c1-21(2,3)29-20(28)23-12-14-10-13(8-9-22-14)11-17(25)30-24-18(26)15-6-4-5-7-16(15)19(24)27/h4-10H,11-12H2,1-3H3,(H,23,28). The maximum atomic E-state index is 12.3. The third kappa shape index (κ3) is 4.99. The van der Waals surface area contributed by atoms with Crippen molar-refractivity contribution in [3.8, 4) is 0 Å². The van der Waals surface area contributed by atoms with Crippen molar-refractivity contribution in [3.05, 3.63) is 65.0 Å². The van der Waals surface area contributed by atoms with Gasteiger partial charge in [-0.3, -0.25) is 14.6 Å². The number of carbonyl (C=O) groups is 4. The largest absolute Gasteiger partial charge is 0.444 e. The summed E-state index contributed by atoms with van der Waals surface area (Å²) >= 11 is 0. The number of imide groups is 1. The van der Waals surface area contributed by atoms with Crippen molar-refractivity contribution in [1.29, 1.82) is 0 Å². The first-order valence-electron chi connectivity index (χ1n) is 9.23. The number of pyridine rings is 1. The highest BCUT2D eigenvalue weighted by atomic mass is 16.7. The molecule has 1 aromatic heterocycles. The minimum absolute atomic E-state index is 0.107. The molecule has 1 aromatic carbocycles. The number of fused-ring (bicyclic) bond motifs is 1. The van der Waals surface area contributed by atoms with Gasteiger partial charge in [0.2, 0.25) is 0 Å². The van der Waals surface area contributed by atoms with E-state index in [4.69, 9.17) is 9.57 Å². The Morgan fingerprint density at radius 1 is 1.07 bits per heavy atom. The average Bonchev–Trinajstić information content (AvgIpc) is 2.91. The molecule has 30 heavy (non-hydrogen) atoms. The number of hydroxylamine groups is 2. The SMILES string of the molecule is CC(C)(C)OC(=O)NCc1cc(CC(=O)ON2C(=O)c3ccccc3C2=O)ccn1. The van der Waals surface area contributed by atoms with Crippen LogP contribution in [0, 0.1) is 0 Å². The third-order valence-electron chi connectivity index (χ3n) is 3.99. The van der Waals surface area contributed by atoms with E-state index in [0.29, 0.717) is 16.3 Å². The fraction of sp³-hybridized carbons (Fsp3) is 0.286. The van der Waals surface area contributed by atoms with Gasteiger partial charge in [0.25, 0.3) is 11.8 Å². The van der Waals surface area contributed by atoms with Gasteiger partial charge in [-0.15, -0.1) is 0 Å². The number of ether oxygens (including phenoxy) is 1. The van der Waals surface area contributed by atoms with Crippen molar-refractivity contribution in [3.63, 3.8) is 0 Å². The lowest BCUT2D eigenvalue weighted by molar-refractivity contribution is -0.167. The lowest BCUT2D eigenvalue weighted by Crippen LogP contribution is -2.33. The molecule has 0 saturated heterocycles. The van der Waals surface area contributed by atoms with Gasteiger partial charge in [0, 0.05) is 6.20 Å². The van der Waals surface area contributed by atoms with Gasteiger partial charge in [0.05, 0.1) is 29.8 Å². The number of benzene rings is 1. The lowest BCUT2D eigenvalue weighted by Gasteiger charge is -2.19. The van der Waals surface area contributed by atoms with Gasteiger partial charge >= 0.3 is 12.1 Å². The van der Waals surface area contributed by atoms with Gasteiger partial charge in [-0.25, -0.2) is 9.59 Å². The lowest BCUT2D eigenvalue weighted by atomic mass is 10.1. The summed E-state index contributed by atoms with van der Waals surface area (Å²) < 4.78 is 5.15. The van der Waals surface area contributed by atoms with E-state index < -0.39 is 29.5 Å². The molecule has 0 bridgehead atoms. The minimum Gasteiger partial charge on any atom is -0.444 e. The maximum absolute atomic E-state index is 12.3. The maximum Gasteiger partial charge on any atom is 0.407 e. The second-order valence-corrected chi connectivity index (χ2v) is 7.60. The first-order valence-corrected chi connectivity index (χ1v) is 9.23. The van der Waals surface area contributed by atoms with E-state index in [0.717, 1.165) is 0 Å². The van der Waals surface area contributed by atoms with Gasteiger partial charge < -0.3 is 14.9 Å². The number of aromatic nitrogens is 1. The highest BCUT2D eigenvalue weighted by molar-refractivity contribution is 6.20. The summed E-state index contributed by atoms with van der Waals surface area (Å²) in [6.07, 6.45) is 0.714. The van der Waals surface area contributed by atoms with Crippen molar-refractivity contribution in [2.45, 2.75) is 39.3 Å². The molecule has 0 spiro atoms. The number of hydrogen-bond acceptors (Lipinski definition) is 7. The molecular weight excluding hydrogens is 390 g/mol. The summed E-state index contributed by atoms with van der Waals surface area (Å²) in [6.45, 7) is 5.37. The molecule has 0 unspecified atom stereocenters. The Morgan fingerprint density at radius 2 is 1.70 bits per heavy atom. The number of amides is 3. The third-order valence-corrected chi connectivity index (χ3v) is 3.99. The highest BCUT2D eigenvalue weighted by Crippen LogP contribution is 2.23. The molecule has 9 nitrogen and oxygen atoms in total. The van der Waals surface area contributed by atoms with Crippen LogP contribution in [0.25, 0.3) is 0 Å². The normalized spacial score (nSPS) is 13.1. The Balaban J connectivity index is 1.58. The molecule has 3 amide bonds. The van der Waals surface area contributed by atoms with E-state index in [9.17, 15) is 19.2 Å². The van der Waals surface area contributed by atoms with Crippen molar-refractivity contribution in [2.24, 2.45) is 0 Å². The second-order valence-electron chi connectivity index (χ2n) is 7.60. The van der Waals surface area contributed by atoms with E-state index in [2.05, 4.69) is 10.3 Å². The van der Waals surface area contributed by atoms with E-state index in [1.807, 2.05) is 0 Å². The molecule has 0 fully saturated rings. The van der Waals surface area contributed by atoms with Crippen LogP contribution in [-0.2, 0) is 27.3 Å². The molecule has 1 aliphatic heterocycles. The molecule has 0 atom stereocenters. The zero-order chi connectivity index (χ0) is 21.9. The molecule has 2 heterocycles. The molecule has 2 aromatic rings. The van der Waals surface area contributed by atoms with Gasteiger partial charge in [-0.05, 0) is 50.6 Å². The molecule has 3 rings (SSSR count). The van der Waals surface area contributed by atoms with Crippen LogP contribution in [-0.4, -0.2) is 39.5 Å². The Bertz CT molecular complexity index is 977. The number of nitrogens with one attached hydrogen (secondary N) is 1. The summed E-state index contributed by atoms with van der Waals surface area (Å²) in [5.74, 6) is -2.14. The summed E-state index contributed by atoms with van der Waals surface area (Å²) in [6, 6.07) is 9.45. The van der Waals surface area contributed by atoms with E-state index in [1.165, 1.54) is 18.3 Å².